The number of aromatic nitrogens is 1. The van der Waals surface area contributed by atoms with Crippen LogP contribution in [0.4, 0.5) is 5.69 Å². The minimum Gasteiger partial charge on any atom is -0.359 e. The number of hydrogen-bond donors (Lipinski definition) is 2. The number of benzene rings is 2. The van der Waals surface area contributed by atoms with Crippen LogP contribution in [-0.4, -0.2) is 25.1 Å². The van der Waals surface area contributed by atoms with Crippen molar-refractivity contribution in [3.8, 4) is 0 Å². The Morgan fingerprint density at radius 1 is 1.07 bits per heavy atom. The highest BCUT2D eigenvalue weighted by atomic mass is 32.2. The summed E-state index contributed by atoms with van der Waals surface area (Å²) in [5.74, 6) is -0.491. The minimum absolute atomic E-state index is 0.0659. The molecule has 2 N–H and O–H groups in total. The van der Waals surface area contributed by atoms with Crippen molar-refractivity contribution in [2.24, 2.45) is 0 Å². The molecule has 0 fully saturated rings. The van der Waals surface area contributed by atoms with Crippen LogP contribution in [0.15, 0.2) is 47.4 Å². The summed E-state index contributed by atoms with van der Waals surface area (Å²) in [6, 6.07) is 12.9. The zero-order valence-electron chi connectivity index (χ0n) is 15.2. The van der Waals surface area contributed by atoms with Gasteiger partial charge >= 0.3 is 0 Å². The lowest BCUT2D eigenvalue weighted by Gasteiger charge is -2.08. The smallest absolute Gasteiger partial charge is 0.225 e. The first-order valence-corrected chi connectivity index (χ1v) is 10.8. The Balaban J connectivity index is 1.41. The standard InChI is InChI=1S/C21H22N2O3S/c1-14-11-17-12-18(6-8-20(17)22-14)23-21(24)9-10-27(25,26)19-7-5-15-3-2-4-16(15)13-19/h5-8,11-13,22H,2-4,9-10H2,1H3,(H,23,24). The number of aromatic amines is 1. The van der Waals surface area contributed by atoms with Crippen molar-refractivity contribution < 1.29 is 13.2 Å². The Labute approximate surface area is 158 Å². The molecular weight excluding hydrogens is 360 g/mol. The van der Waals surface area contributed by atoms with Crippen molar-refractivity contribution in [1.29, 1.82) is 0 Å². The largest absolute Gasteiger partial charge is 0.359 e. The van der Waals surface area contributed by atoms with Gasteiger partial charge in [0.1, 0.15) is 0 Å². The van der Waals surface area contributed by atoms with Gasteiger partial charge in [0, 0.05) is 28.7 Å². The summed E-state index contributed by atoms with van der Waals surface area (Å²) in [6.45, 7) is 1.97. The molecule has 1 aromatic heterocycles. The number of amides is 1. The zero-order valence-corrected chi connectivity index (χ0v) is 16.0. The second-order valence-corrected chi connectivity index (χ2v) is 9.26. The highest BCUT2D eigenvalue weighted by molar-refractivity contribution is 7.91. The third-order valence-electron chi connectivity index (χ3n) is 5.07. The first kappa shape index (κ1) is 17.8. The van der Waals surface area contributed by atoms with Crippen LogP contribution in [0, 0.1) is 6.92 Å². The normalized spacial score (nSPS) is 13.7. The van der Waals surface area contributed by atoms with Crippen molar-refractivity contribution in [2.45, 2.75) is 37.5 Å². The molecule has 0 radical (unpaired) electrons. The van der Waals surface area contributed by atoms with E-state index in [2.05, 4.69) is 10.3 Å². The topological polar surface area (TPSA) is 79.0 Å². The molecule has 0 aliphatic heterocycles. The lowest BCUT2D eigenvalue weighted by molar-refractivity contribution is -0.115. The van der Waals surface area contributed by atoms with Crippen LogP contribution < -0.4 is 5.32 Å². The summed E-state index contributed by atoms with van der Waals surface area (Å²) in [7, 11) is -3.47. The number of H-pyrrole nitrogens is 1. The number of carbonyl (C=O) groups excluding carboxylic acids is 1. The quantitative estimate of drug-likeness (QED) is 0.705. The molecule has 1 heterocycles. The van der Waals surface area contributed by atoms with Crippen LogP contribution >= 0.6 is 0 Å². The summed E-state index contributed by atoms with van der Waals surface area (Å²) in [5.41, 5.74) is 5.08. The Kier molecular flexibility index (Phi) is 4.52. The van der Waals surface area contributed by atoms with Crippen molar-refractivity contribution in [3.63, 3.8) is 0 Å². The maximum absolute atomic E-state index is 12.6. The van der Waals surface area contributed by atoms with E-state index in [0.29, 0.717) is 10.6 Å². The molecule has 1 aliphatic rings. The number of anilines is 1. The average Bonchev–Trinajstić information content (AvgIpc) is 3.24. The molecule has 3 aromatic rings. The highest BCUT2D eigenvalue weighted by Crippen LogP contribution is 2.25. The first-order valence-electron chi connectivity index (χ1n) is 9.14. The van der Waals surface area contributed by atoms with Crippen LogP contribution in [0.5, 0.6) is 0 Å². The molecule has 140 valence electrons. The molecular formula is C21H22N2O3S. The van der Waals surface area contributed by atoms with E-state index >= 15 is 0 Å². The van der Waals surface area contributed by atoms with Crippen molar-refractivity contribution >= 4 is 32.3 Å². The summed E-state index contributed by atoms with van der Waals surface area (Å²) >= 11 is 0. The Morgan fingerprint density at radius 3 is 2.74 bits per heavy atom. The van der Waals surface area contributed by atoms with Crippen molar-refractivity contribution in [3.05, 3.63) is 59.3 Å². The Hall–Kier alpha value is -2.60. The van der Waals surface area contributed by atoms with Crippen LogP contribution in [0.3, 0.4) is 0 Å². The van der Waals surface area contributed by atoms with Gasteiger partial charge in [-0.05, 0) is 73.7 Å². The number of aryl methyl sites for hydroxylation is 3. The number of sulfone groups is 1. The SMILES string of the molecule is Cc1cc2cc(NC(=O)CCS(=O)(=O)c3ccc4c(c3)CCC4)ccc2[nH]1. The van der Waals surface area contributed by atoms with Crippen LogP contribution in [0.25, 0.3) is 10.9 Å². The van der Waals surface area contributed by atoms with Gasteiger partial charge in [-0.3, -0.25) is 4.79 Å². The van der Waals surface area contributed by atoms with E-state index in [1.807, 2.05) is 37.3 Å². The molecule has 2 aromatic carbocycles. The number of hydrogen-bond acceptors (Lipinski definition) is 3. The van der Waals surface area contributed by atoms with Gasteiger partial charge in [0.05, 0.1) is 10.6 Å². The molecule has 5 nitrogen and oxygen atoms in total. The van der Waals surface area contributed by atoms with Gasteiger partial charge in [0.25, 0.3) is 0 Å². The molecule has 0 unspecified atom stereocenters. The molecule has 0 atom stereocenters. The molecule has 4 rings (SSSR count). The predicted octanol–water partition coefficient (Wildman–Crippen LogP) is 3.77. The predicted molar refractivity (Wildman–Crippen MR) is 107 cm³/mol. The summed E-state index contributed by atoms with van der Waals surface area (Å²) < 4.78 is 25.2. The number of rotatable bonds is 5. The van der Waals surface area contributed by atoms with Crippen LogP contribution in [-0.2, 0) is 27.5 Å². The summed E-state index contributed by atoms with van der Waals surface area (Å²) in [4.78, 5) is 15.8. The fourth-order valence-electron chi connectivity index (χ4n) is 3.67. The minimum atomic E-state index is -3.47. The number of fused-ring (bicyclic) bond motifs is 2. The first-order chi connectivity index (χ1) is 12.9. The fraction of sp³-hybridized carbons (Fsp3) is 0.286. The molecule has 6 heteroatoms. The number of nitrogens with one attached hydrogen (secondary N) is 2. The Bertz CT molecular complexity index is 1130. The van der Waals surface area contributed by atoms with E-state index in [1.54, 1.807) is 12.1 Å². The molecule has 1 aliphatic carbocycles. The van der Waals surface area contributed by atoms with Gasteiger partial charge in [-0.25, -0.2) is 8.42 Å². The van der Waals surface area contributed by atoms with Gasteiger partial charge in [0.15, 0.2) is 9.84 Å². The second-order valence-electron chi connectivity index (χ2n) is 7.16. The van der Waals surface area contributed by atoms with E-state index in [0.717, 1.165) is 41.4 Å². The van der Waals surface area contributed by atoms with E-state index in [1.165, 1.54) is 5.56 Å². The van der Waals surface area contributed by atoms with Crippen molar-refractivity contribution in [2.75, 3.05) is 11.1 Å². The van der Waals surface area contributed by atoms with Crippen LogP contribution in [0.2, 0.25) is 0 Å². The van der Waals surface area contributed by atoms with E-state index in [9.17, 15) is 13.2 Å². The maximum atomic E-state index is 12.6. The highest BCUT2D eigenvalue weighted by Gasteiger charge is 2.20. The molecule has 0 bridgehead atoms. The molecule has 27 heavy (non-hydrogen) atoms. The average molecular weight is 382 g/mol. The second kappa shape index (κ2) is 6.85. The summed E-state index contributed by atoms with van der Waals surface area (Å²) in [6.07, 6.45) is 2.96. The number of carbonyl (C=O) groups is 1. The zero-order chi connectivity index (χ0) is 19.0. The van der Waals surface area contributed by atoms with Gasteiger partial charge in [-0.2, -0.15) is 0 Å². The summed E-state index contributed by atoms with van der Waals surface area (Å²) in [5, 5.41) is 3.80. The van der Waals surface area contributed by atoms with E-state index in [4.69, 9.17) is 0 Å². The van der Waals surface area contributed by atoms with Crippen molar-refractivity contribution in [1.82, 2.24) is 4.98 Å². The molecule has 0 spiro atoms. The van der Waals surface area contributed by atoms with Gasteiger partial charge in [-0.1, -0.05) is 6.07 Å². The van der Waals surface area contributed by atoms with E-state index < -0.39 is 9.84 Å². The van der Waals surface area contributed by atoms with Gasteiger partial charge < -0.3 is 10.3 Å². The molecule has 0 saturated carbocycles. The molecule has 0 saturated heterocycles. The fourth-order valence-corrected chi connectivity index (χ4v) is 4.95. The van der Waals surface area contributed by atoms with Gasteiger partial charge in [0.2, 0.25) is 5.91 Å². The van der Waals surface area contributed by atoms with Crippen LogP contribution in [0.1, 0.15) is 29.7 Å². The monoisotopic (exact) mass is 382 g/mol. The maximum Gasteiger partial charge on any atom is 0.225 e. The third-order valence-corrected chi connectivity index (χ3v) is 6.78. The Morgan fingerprint density at radius 2 is 1.89 bits per heavy atom. The molecule has 1 amide bonds. The van der Waals surface area contributed by atoms with E-state index in [-0.39, 0.29) is 18.1 Å². The van der Waals surface area contributed by atoms with Gasteiger partial charge in [-0.15, -0.1) is 0 Å². The lowest BCUT2D eigenvalue weighted by Crippen LogP contribution is -2.17. The lowest BCUT2D eigenvalue weighted by atomic mass is 10.1. The third kappa shape index (κ3) is 3.76.